The van der Waals surface area contributed by atoms with Crippen molar-refractivity contribution in [2.24, 2.45) is 11.1 Å². The van der Waals surface area contributed by atoms with Gasteiger partial charge in [-0.2, -0.15) is 0 Å². The highest BCUT2D eigenvalue weighted by molar-refractivity contribution is 7.99. The van der Waals surface area contributed by atoms with Crippen LogP contribution in [0.4, 0.5) is 5.82 Å². The molecule has 0 unspecified atom stereocenters. The Labute approximate surface area is 164 Å². The lowest BCUT2D eigenvalue weighted by molar-refractivity contribution is 0.101. The molecule has 142 valence electrons. The molecule has 4 rings (SSSR count). The molecule has 2 N–H and O–H groups in total. The first-order valence-corrected chi connectivity index (χ1v) is 10.5. The van der Waals surface area contributed by atoms with Crippen LogP contribution in [0.1, 0.15) is 49.4 Å². The molecule has 27 heavy (non-hydrogen) atoms. The molecule has 1 saturated heterocycles. The molecule has 5 nitrogen and oxygen atoms in total. The third-order valence-electron chi connectivity index (χ3n) is 6.14. The van der Waals surface area contributed by atoms with Crippen LogP contribution in [0.2, 0.25) is 0 Å². The monoisotopic (exact) mass is 382 g/mol. The third-order valence-corrected chi connectivity index (χ3v) is 7.05. The number of hydrogen-bond donors (Lipinski definition) is 1. The van der Waals surface area contributed by atoms with Crippen molar-refractivity contribution < 1.29 is 4.79 Å². The van der Waals surface area contributed by atoms with Gasteiger partial charge in [0.2, 0.25) is 0 Å². The summed E-state index contributed by atoms with van der Waals surface area (Å²) in [4.78, 5) is 24.1. The van der Waals surface area contributed by atoms with Gasteiger partial charge in [-0.1, -0.05) is 30.3 Å². The van der Waals surface area contributed by atoms with Crippen molar-refractivity contribution in [1.29, 1.82) is 0 Å². The Balaban J connectivity index is 1.39. The van der Waals surface area contributed by atoms with Crippen LogP contribution in [0.15, 0.2) is 46.6 Å². The molecular formula is C21H26N4OS. The smallest absolute Gasteiger partial charge is 0.159 e. The normalized spacial score (nSPS) is 21.6. The van der Waals surface area contributed by atoms with Crippen molar-refractivity contribution in [2.45, 2.75) is 55.0 Å². The van der Waals surface area contributed by atoms with E-state index in [1.807, 2.05) is 36.7 Å². The summed E-state index contributed by atoms with van der Waals surface area (Å²) < 4.78 is 0. The molecule has 1 aromatic heterocycles. The van der Waals surface area contributed by atoms with Gasteiger partial charge in [0, 0.05) is 29.6 Å². The Morgan fingerprint density at radius 3 is 2.67 bits per heavy atom. The van der Waals surface area contributed by atoms with E-state index in [2.05, 4.69) is 14.9 Å². The predicted molar refractivity (Wildman–Crippen MR) is 108 cm³/mol. The quantitative estimate of drug-likeness (QED) is 0.808. The van der Waals surface area contributed by atoms with Crippen LogP contribution in [0.25, 0.3) is 0 Å². The first-order chi connectivity index (χ1) is 13.1. The number of piperidine rings is 1. The van der Waals surface area contributed by atoms with Gasteiger partial charge in [-0.05, 0) is 50.2 Å². The van der Waals surface area contributed by atoms with Crippen LogP contribution < -0.4 is 10.6 Å². The fourth-order valence-corrected chi connectivity index (χ4v) is 5.18. The lowest BCUT2D eigenvalue weighted by Gasteiger charge is -2.42. The van der Waals surface area contributed by atoms with E-state index in [-0.39, 0.29) is 5.78 Å². The van der Waals surface area contributed by atoms with E-state index >= 15 is 0 Å². The number of Topliss-reactive ketones (excluding diaryl/α,β-unsaturated/α-hetero) is 1. The number of aromatic nitrogens is 2. The Morgan fingerprint density at radius 1 is 1.22 bits per heavy atom. The number of ketones is 1. The Morgan fingerprint density at radius 2 is 2.04 bits per heavy atom. The van der Waals surface area contributed by atoms with Crippen molar-refractivity contribution in [3.8, 4) is 0 Å². The number of carbonyl (C=O) groups excluding carboxylic acids is 1. The SMILES string of the molecule is CC(=O)c1cccc(Sc2cnc(N3CCC4(CCC[C@H]4N)CC3)cn2)c1. The second kappa shape index (κ2) is 7.60. The third kappa shape index (κ3) is 3.87. The first-order valence-electron chi connectivity index (χ1n) is 9.67. The molecule has 2 aromatic rings. The average molecular weight is 383 g/mol. The van der Waals surface area contributed by atoms with Gasteiger partial charge in [0.15, 0.2) is 5.78 Å². The van der Waals surface area contributed by atoms with Crippen molar-refractivity contribution in [3.63, 3.8) is 0 Å². The van der Waals surface area contributed by atoms with Crippen molar-refractivity contribution >= 4 is 23.4 Å². The van der Waals surface area contributed by atoms with Gasteiger partial charge in [0.05, 0.1) is 12.4 Å². The highest BCUT2D eigenvalue weighted by atomic mass is 32.2. The molecule has 1 aromatic carbocycles. The molecule has 2 heterocycles. The summed E-state index contributed by atoms with van der Waals surface area (Å²) in [5.41, 5.74) is 7.46. The predicted octanol–water partition coefficient (Wildman–Crippen LogP) is 3.93. The molecule has 1 saturated carbocycles. The minimum Gasteiger partial charge on any atom is -0.355 e. The van der Waals surface area contributed by atoms with Gasteiger partial charge in [-0.3, -0.25) is 4.79 Å². The molecule has 0 radical (unpaired) electrons. The maximum atomic E-state index is 11.5. The van der Waals surface area contributed by atoms with Crippen LogP contribution in [0, 0.1) is 5.41 Å². The average Bonchev–Trinajstić information content (AvgIpc) is 3.03. The maximum absolute atomic E-state index is 11.5. The summed E-state index contributed by atoms with van der Waals surface area (Å²) >= 11 is 1.53. The van der Waals surface area contributed by atoms with E-state index in [9.17, 15) is 4.79 Å². The molecule has 0 amide bonds. The van der Waals surface area contributed by atoms with E-state index in [1.165, 1.54) is 31.0 Å². The van der Waals surface area contributed by atoms with Crippen LogP contribution in [0.3, 0.4) is 0 Å². The molecule has 1 aliphatic heterocycles. The zero-order chi connectivity index (χ0) is 18.9. The Hall–Kier alpha value is -1.92. The van der Waals surface area contributed by atoms with Gasteiger partial charge in [0.1, 0.15) is 10.8 Å². The van der Waals surface area contributed by atoms with Crippen LogP contribution in [0.5, 0.6) is 0 Å². The molecule has 2 aliphatic rings. The maximum Gasteiger partial charge on any atom is 0.159 e. The molecule has 1 spiro atoms. The van der Waals surface area contributed by atoms with E-state index in [0.29, 0.717) is 11.5 Å². The van der Waals surface area contributed by atoms with E-state index < -0.39 is 0 Å². The van der Waals surface area contributed by atoms with E-state index in [4.69, 9.17) is 5.73 Å². The number of anilines is 1. The number of nitrogens with two attached hydrogens (primary N) is 1. The number of carbonyl (C=O) groups is 1. The van der Waals surface area contributed by atoms with E-state index in [0.717, 1.165) is 47.2 Å². The summed E-state index contributed by atoms with van der Waals surface area (Å²) in [6.07, 6.45) is 9.74. The van der Waals surface area contributed by atoms with Gasteiger partial charge in [0.25, 0.3) is 0 Å². The number of rotatable bonds is 4. The van der Waals surface area contributed by atoms with Crippen molar-refractivity contribution in [2.75, 3.05) is 18.0 Å². The Kier molecular flexibility index (Phi) is 5.19. The van der Waals surface area contributed by atoms with Gasteiger partial charge in [-0.15, -0.1) is 0 Å². The van der Waals surface area contributed by atoms with E-state index in [1.54, 1.807) is 6.92 Å². The van der Waals surface area contributed by atoms with Crippen LogP contribution >= 0.6 is 11.8 Å². The van der Waals surface area contributed by atoms with Crippen LogP contribution in [-0.4, -0.2) is 34.9 Å². The highest BCUT2D eigenvalue weighted by Gasteiger charge is 2.42. The standard InChI is InChI=1S/C21H26N4OS/c1-15(26)16-4-2-5-17(12-16)27-20-14-23-19(13-24-20)25-10-8-21(9-11-25)7-3-6-18(21)22/h2,4-5,12-14,18H,3,6-11,22H2,1H3/t18-/m1/s1. The van der Waals surface area contributed by atoms with Crippen molar-refractivity contribution in [3.05, 3.63) is 42.2 Å². The summed E-state index contributed by atoms with van der Waals surface area (Å²) in [5.74, 6) is 1.02. The minimum absolute atomic E-state index is 0.0729. The fraction of sp³-hybridized carbons (Fsp3) is 0.476. The van der Waals surface area contributed by atoms with Gasteiger partial charge in [-0.25, -0.2) is 9.97 Å². The number of benzene rings is 1. The number of nitrogens with zero attached hydrogens (tertiary/aromatic N) is 3. The summed E-state index contributed by atoms with van der Waals surface area (Å²) in [6.45, 7) is 3.60. The van der Waals surface area contributed by atoms with Gasteiger partial charge >= 0.3 is 0 Å². The first kappa shape index (κ1) is 18.4. The Bertz CT molecular complexity index is 815. The zero-order valence-electron chi connectivity index (χ0n) is 15.7. The second-order valence-electron chi connectivity index (χ2n) is 7.75. The molecule has 2 fully saturated rings. The summed E-state index contributed by atoms with van der Waals surface area (Å²) in [5, 5.41) is 0.839. The molecular weight excluding hydrogens is 356 g/mol. The highest BCUT2D eigenvalue weighted by Crippen LogP contribution is 2.45. The lowest BCUT2D eigenvalue weighted by Crippen LogP contribution is -2.47. The second-order valence-corrected chi connectivity index (χ2v) is 8.84. The van der Waals surface area contributed by atoms with Crippen molar-refractivity contribution in [1.82, 2.24) is 9.97 Å². The zero-order valence-corrected chi connectivity index (χ0v) is 16.5. The number of hydrogen-bond acceptors (Lipinski definition) is 6. The molecule has 1 atom stereocenters. The van der Waals surface area contributed by atoms with Crippen LogP contribution in [-0.2, 0) is 0 Å². The molecule has 1 aliphatic carbocycles. The van der Waals surface area contributed by atoms with Gasteiger partial charge < -0.3 is 10.6 Å². The molecule has 6 heteroatoms. The molecule has 0 bridgehead atoms. The summed E-state index contributed by atoms with van der Waals surface area (Å²) in [7, 11) is 0. The summed E-state index contributed by atoms with van der Waals surface area (Å²) in [6, 6.07) is 7.99. The topological polar surface area (TPSA) is 72.1 Å². The largest absolute Gasteiger partial charge is 0.355 e. The minimum atomic E-state index is 0.0729. The lowest BCUT2D eigenvalue weighted by atomic mass is 9.74. The fourth-order valence-electron chi connectivity index (χ4n) is 4.39.